The highest BCUT2D eigenvalue weighted by Gasteiger charge is 2.35. The first-order valence-electron chi connectivity index (χ1n) is 10.8. The molecule has 10 heteroatoms. The lowest BCUT2D eigenvalue weighted by Gasteiger charge is -2.27. The number of aromatic nitrogens is 4. The number of nitrogens with one attached hydrogen (secondary N) is 1. The maximum absolute atomic E-state index is 12.8. The molecule has 1 saturated heterocycles. The summed E-state index contributed by atoms with van der Waals surface area (Å²) in [4.78, 5) is 27.4. The quantitative estimate of drug-likeness (QED) is 0.562. The number of anilines is 2. The van der Waals surface area contributed by atoms with E-state index in [-0.39, 0.29) is 18.0 Å². The first kappa shape index (κ1) is 22.8. The van der Waals surface area contributed by atoms with Gasteiger partial charge in [-0.25, -0.2) is 9.97 Å². The molecular weight excluding hydrogens is 433 g/mol. The van der Waals surface area contributed by atoms with Gasteiger partial charge in [-0.1, -0.05) is 13.8 Å². The zero-order valence-corrected chi connectivity index (χ0v) is 18.5. The molecule has 1 aliphatic heterocycles. The van der Waals surface area contributed by atoms with Crippen molar-refractivity contribution in [2.75, 3.05) is 10.2 Å². The highest BCUT2D eigenvalue weighted by molar-refractivity contribution is 5.95. The molecule has 4 rings (SSSR count). The molecular formula is C23H25F3N6O. The lowest BCUT2D eigenvalue weighted by atomic mass is 10.0. The number of hydrogen-bond donors (Lipinski definition) is 1. The average molecular weight is 458 g/mol. The highest BCUT2D eigenvalue weighted by atomic mass is 19.4. The predicted molar refractivity (Wildman–Crippen MR) is 118 cm³/mol. The number of carbonyl (C=O) groups excluding carboxylic acids is 1. The summed E-state index contributed by atoms with van der Waals surface area (Å²) < 4.78 is 40.0. The molecule has 3 heterocycles. The van der Waals surface area contributed by atoms with Gasteiger partial charge in [0.05, 0.1) is 23.6 Å². The van der Waals surface area contributed by atoms with Gasteiger partial charge in [0.1, 0.15) is 5.82 Å². The molecule has 1 aromatic carbocycles. The topological polar surface area (TPSA) is 75.9 Å². The van der Waals surface area contributed by atoms with Gasteiger partial charge in [-0.05, 0) is 49.6 Å². The summed E-state index contributed by atoms with van der Waals surface area (Å²) in [6.07, 6.45) is 1.84. The molecule has 3 aromatic rings. The van der Waals surface area contributed by atoms with Crippen molar-refractivity contribution in [2.24, 2.45) is 5.92 Å². The van der Waals surface area contributed by atoms with Crippen LogP contribution < -0.4 is 10.2 Å². The zero-order chi connectivity index (χ0) is 23.8. The van der Waals surface area contributed by atoms with Gasteiger partial charge in [0.2, 0.25) is 11.9 Å². The van der Waals surface area contributed by atoms with E-state index in [1.165, 1.54) is 12.1 Å². The SMILES string of the molecule is CC(C)[C@H]1CCC(=O)N1c1ccnc(N[C@@H](C)c2cn(-c3ccc(C(F)(F)F)cc3)cn2)n1. The fraction of sp³-hybridized carbons (Fsp3) is 0.391. The second-order valence-corrected chi connectivity index (χ2v) is 8.47. The van der Waals surface area contributed by atoms with Crippen LogP contribution in [0, 0.1) is 5.92 Å². The Morgan fingerprint density at radius 2 is 1.82 bits per heavy atom. The van der Waals surface area contributed by atoms with E-state index in [2.05, 4.69) is 34.1 Å². The van der Waals surface area contributed by atoms with Gasteiger partial charge in [-0.2, -0.15) is 18.2 Å². The second-order valence-electron chi connectivity index (χ2n) is 8.47. The van der Waals surface area contributed by atoms with E-state index in [9.17, 15) is 18.0 Å². The Labute approximate surface area is 189 Å². The van der Waals surface area contributed by atoms with Crippen LogP contribution in [0.3, 0.4) is 0 Å². The van der Waals surface area contributed by atoms with E-state index in [0.29, 0.717) is 35.5 Å². The number of benzene rings is 1. The second kappa shape index (κ2) is 8.84. The third-order valence-corrected chi connectivity index (χ3v) is 5.80. The summed E-state index contributed by atoms with van der Waals surface area (Å²) in [5, 5.41) is 3.19. The van der Waals surface area contributed by atoms with Crippen LogP contribution in [0.15, 0.2) is 49.1 Å². The Morgan fingerprint density at radius 1 is 1.09 bits per heavy atom. The molecule has 1 fully saturated rings. The molecule has 2 atom stereocenters. The molecule has 174 valence electrons. The molecule has 0 bridgehead atoms. The average Bonchev–Trinajstić information content (AvgIpc) is 3.41. The van der Waals surface area contributed by atoms with Crippen LogP contribution in [-0.2, 0) is 11.0 Å². The van der Waals surface area contributed by atoms with E-state index in [1.807, 2.05) is 6.92 Å². The number of halogens is 3. The Hall–Kier alpha value is -3.43. The van der Waals surface area contributed by atoms with Gasteiger partial charge in [-0.3, -0.25) is 9.69 Å². The number of imidazole rings is 1. The van der Waals surface area contributed by atoms with Crippen molar-refractivity contribution in [2.45, 2.75) is 51.9 Å². The van der Waals surface area contributed by atoms with Crippen molar-refractivity contribution >= 4 is 17.7 Å². The number of rotatable bonds is 6. The predicted octanol–water partition coefficient (Wildman–Crippen LogP) is 5.01. The van der Waals surface area contributed by atoms with Crippen molar-refractivity contribution in [3.63, 3.8) is 0 Å². The van der Waals surface area contributed by atoms with Crippen molar-refractivity contribution < 1.29 is 18.0 Å². The summed E-state index contributed by atoms with van der Waals surface area (Å²) in [7, 11) is 0. The molecule has 1 aliphatic rings. The van der Waals surface area contributed by atoms with Gasteiger partial charge in [0.25, 0.3) is 0 Å². The van der Waals surface area contributed by atoms with Crippen LogP contribution in [0.5, 0.6) is 0 Å². The first-order valence-corrected chi connectivity index (χ1v) is 10.8. The number of hydrogen-bond acceptors (Lipinski definition) is 5. The lowest BCUT2D eigenvalue weighted by Crippen LogP contribution is -2.37. The monoisotopic (exact) mass is 458 g/mol. The Balaban J connectivity index is 1.48. The van der Waals surface area contributed by atoms with Crippen LogP contribution in [-0.4, -0.2) is 31.5 Å². The fourth-order valence-electron chi connectivity index (χ4n) is 3.98. The van der Waals surface area contributed by atoms with Gasteiger partial charge in [-0.15, -0.1) is 0 Å². The minimum absolute atomic E-state index is 0.0571. The van der Waals surface area contributed by atoms with Gasteiger partial charge in [0, 0.05) is 30.5 Å². The van der Waals surface area contributed by atoms with Gasteiger partial charge in [0.15, 0.2) is 0 Å². The van der Waals surface area contributed by atoms with Crippen LogP contribution >= 0.6 is 0 Å². The van der Waals surface area contributed by atoms with Crippen molar-refractivity contribution in [1.29, 1.82) is 0 Å². The van der Waals surface area contributed by atoms with E-state index in [0.717, 1.165) is 18.6 Å². The first-order chi connectivity index (χ1) is 15.6. The number of carbonyl (C=O) groups is 1. The fourth-order valence-corrected chi connectivity index (χ4v) is 3.98. The molecule has 33 heavy (non-hydrogen) atoms. The summed E-state index contributed by atoms with van der Waals surface area (Å²) in [6, 6.07) is 6.45. The lowest BCUT2D eigenvalue weighted by molar-refractivity contribution is -0.137. The third kappa shape index (κ3) is 4.84. The summed E-state index contributed by atoms with van der Waals surface area (Å²) in [5.74, 6) is 1.31. The Morgan fingerprint density at radius 3 is 2.48 bits per heavy atom. The van der Waals surface area contributed by atoms with Crippen molar-refractivity contribution in [3.8, 4) is 5.69 Å². The van der Waals surface area contributed by atoms with Crippen LogP contribution in [0.25, 0.3) is 5.69 Å². The highest BCUT2D eigenvalue weighted by Crippen LogP contribution is 2.31. The Kier molecular flexibility index (Phi) is 6.09. The molecule has 0 unspecified atom stereocenters. The van der Waals surface area contributed by atoms with Gasteiger partial charge < -0.3 is 9.88 Å². The third-order valence-electron chi connectivity index (χ3n) is 5.80. The van der Waals surface area contributed by atoms with Crippen LogP contribution in [0.2, 0.25) is 0 Å². The summed E-state index contributed by atoms with van der Waals surface area (Å²) in [5.41, 5.74) is 0.538. The minimum atomic E-state index is -4.37. The normalized spacial score (nSPS) is 17.6. The number of amides is 1. The summed E-state index contributed by atoms with van der Waals surface area (Å²) >= 11 is 0. The number of alkyl halides is 3. The molecule has 7 nitrogen and oxygen atoms in total. The van der Waals surface area contributed by atoms with Crippen LogP contribution in [0.4, 0.5) is 24.9 Å². The van der Waals surface area contributed by atoms with Crippen molar-refractivity contribution in [1.82, 2.24) is 19.5 Å². The minimum Gasteiger partial charge on any atom is -0.346 e. The maximum atomic E-state index is 12.8. The van der Waals surface area contributed by atoms with Crippen LogP contribution in [0.1, 0.15) is 50.9 Å². The van der Waals surface area contributed by atoms with E-state index >= 15 is 0 Å². The molecule has 2 aromatic heterocycles. The van der Waals surface area contributed by atoms with E-state index in [4.69, 9.17) is 0 Å². The van der Waals surface area contributed by atoms with E-state index < -0.39 is 11.7 Å². The summed E-state index contributed by atoms with van der Waals surface area (Å²) in [6.45, 7) is 6.06. The zero-order valence-electron chi connectivity index (χ0n) is 18.5. The molecule has 0 saturated carbocycles. The molecule has 1 amide bonds. The Bertz CT molecular complexity index is 1130. The van der Waals surface area contributed by atoms with Gasteiger partial charge >= 0.3 is 6.18 Å². The molecule has 0 spiro atoms. The largest absolute Gasteiger partial charge is 0.416 e. The van der Waals surface area contributed by atoms with Crippen molar-refractivity contribution in [3.05, 3.63) is 60.3 Å². The molecule has 0 aliphatic carbocycles. The molecule has 0 radical (unpaired) electrons. The van der Waals surface area contributed by atoms with E-state index in [1.54, 1.807) is 34.3 Å². The standard InChI is InChI=1S/C23H25F3N6O/c1-14(2)19-8-9-21(33)32(19)20-10-11-27-22(30-20)29-15(3)18-12-31(13-28-18)17-6-4-16(5-7-17)23(24,25)26/h4-7,10-15,19H,8-9H2,1-3H3,(H,27,29,30)/t15-,19+/m0/s1. The number of nitrogens with zero attached hydrogens (tertiary/aromatic N) is 5. The smallest absolute Gasteiger partial charge is 0.346 e. The maximum Gasteiger partial charge on any atom is 0.416 e. The molecule has 1 N–H and O–H groups in total.